The van der Waals surface area contributed by atoms with E-state index in [0.29, 0.717) is 4.47 Å². The minimum absolute atomic E-state index is 0.229. The van der Waals surface area contributed by atoms with E-state index in [1.54, 1.807) is 0 Å². The van der Waals surface area contributed by atoms with E-state index in [2.05, 4.69) is 15.9 Å². The summed E-state index contributed by atoms with van der Waals surface area (Å²) in [7, 11) is 0. The van der Waals surface area contributed by atoms with Gasteiger partial charge in [0.15, 0.2) is 0 Å². The Balaban J connectivity index is 2.87. The second kappa shape index (κ2) is 4.31. The van der Waals surface area contributed by atoms with E-state index >= 15 is 0 Å². The van der Waals surface area contributed by atoms with Gasteiger partial charge in [-0.25, -0.2) is 13.2 Å². The quantitative estimate of drug-likeness (QED) is 0.896. The molecule has 1 nitrogen and oxygen atoms in total. The molecule has 0 spiro atoms. The molecule has 0 aliphatic heterocycles. The van der Waals surface area contributed by atoms with Gasteiger partial charge in [0.05, 0.1) is 6.54 Å². The first-order valence-corrected chi connectivity index (χ1v) is 4.75. The molecular formula is C9H9BrF3N. The number of halogens is 4. The van der Waals surface area contributed by atoms with E-state index < -0.39 is 24.7 Å². The lowest BCUT2D eigenvalue weighted by Crippen LogP contribution is -2.30. The minimum Gasteiger partial charge on any atom is -0.325 e. The standard InChI is InChI=1S/C9H9BrF3N/c10-7-1-6(2-8(11)3-7)4-9(12,13)5-14/h1-3H,4-5,14H2. The highest BCUT2D eigenvalue weighted by molar-refractivity contribution is 9.10. The van der Waals surface area contributed by atoms with Gasteiger partial charge in [-0.15, -0.1) is 0 Å². The molecule has 0 amide bonds. The van der Waals surface area contributed by atoms with Crippen molar-refractivity contribution in [3.63, 3.8) is 0 Å². The van der Waals surface area contributed by atoms with E-state index in [4.69, 9.17) is 5.73 Å². The van der Waals surface area contributed by atoms with Crippen LogP contribution in [0.15, 0.2) is 22.7 Å². The van der Waals surface area contributed by atoms with Crippen LogP contribution in [0.25, 0.3) is 0 Å². The third-order valence-corrected chi connectivity index (χ3v) is 2.14. The Morgan fingerprint density at radius 3 is 2.43 bits per heavy atom. The van der Waals surface area contributed by atoms with Crippen LogP contribution in [-0.4, -0.2) is 12.5 Å². The molecule has 78 valence electrons. The van der Waals surface area contributed by atoms with Gasteiger partial charge in [0.25, 0.3) is 5.92 Å². The molecule has 0 aromatic heterocycles. The lowest BCUT2D eigenvalue weighted by atomic mass is 10.1. The molecule has 1 aromatic carbocycles. The molecular weight excluding hydrogens is 259 g/mol. The highest BCUT2D eigenvalue weighted by Crippen LogP contribution is 2.22. The predicted octanol–water partition coefficient (Wildman–Crippen LogP) is 2.72. The zero-order valence-electron chi connectivity index (χ0n) is 7.24. The molecule has 0 radical (unpaired) electrons. The van der Waals surface area contributed by atoms with Gasteiger partial charge < -0.3 is 5.73 Å². The summed E-state index contributed by atoms with van der Waals surface area (Å²) in [5.41, 5.74) is 5.10. The predicted molar refractivity (Wildman–Crippen MR) is 51.8 cm³/mol. The van der Waals surface area contributed by atoms with Crippen molar-refractivity contribution in [3.05, 3.63) is 34.1 Å². The van der Waals surface area contributed by atoms with Crippen LogP contribution in [0.3, 0.4) is 0 Å². The molecule has 0 unspecified atom stereocenters. The van der Waals surface area contributed by atoms with E-state index in [0.717, 1.165) is 6.07 Å². The van der Waals surface area contributed by atoms with Gasteiger partial charge in [0, 0.05) is 10.9 Å². The Morgan fingerprint density at radius 1 is 1.29 bits per heavy atom. The number of alkyl halides is 2. The summed E-state index contributed by atoms with van der Waals surface area (Å²) in [4.78, 5) is 0. The Hall–Kier alpha value is -0.550. The first-order valence-electron chi connectivity index (χ1n) is 3.96. The molecule has 0 heterocycles. The summed E-state index contributed by atoms with van der Waals surface area (Å²) in [6.07, 6.45) is -0.542. The van der Waals surface area contributed by atoms with Crippen molar-refractivity contribution >= 4 is 15.9 Å². The SMILES string of the molecule is NCC(F)(F)Cc1cc(F)cc(Br)c1. The number of hydrogen-bond donors (Lipinski definition) is 1. The Morgan fingerprint density at radius 2 is 1.93 bits per heavy atom. The van der Waals surface area contributed by atoms with Crippen LogP contribution in [0.4, 0.5) is 13.2 Å². The van der Waals surface area contributed by atoms with Gasteiger partial charge in [-0.3, -0.25) is 0 Å². The number of nitrogens with two attached hydrogens (primary N) is 1. The monoisotopic (exact) mass is 267 g/mol. The lowest BCUT2D eigenvalue weighted by Gasteiger charge is -2.13. The molecule has 0 atom stereocenters. The second-order valence-corrected chi connectivity index (χ2v) is 3.93. The minimum atomic E-state index is -2.98. The molecule has 5 heteroatoms. The summed E-state index contributed by atoms with van der Waals surface area (Å²) in [6.45, 7) is -0.735. The highest BCUT2D eigenvalue weighted by atomic mass is 79.9. The first kappa shape index (κ1) is 11.5. The maximum Gasteiger partial charge on any atom is 0.264 e. The topological polar surface area (TPSA) is 26.0 Å². The van der Waals surface area contributed by atoms with E-state index in [1.165, 1.54) is 12.1 Å². The second-order valence-electron chi connectivity index (χ2n) is 3.01. The molecule has 14 heavy (non-hydrogen) atoms. The zero-order valence-corrected chi connectivity index (χ0v) is 8.82. The van der Waals surface area contributed by atoms with Crippen LogP contribution in [0.2, 0.25) is 0 Å². The molecule has 0 aliphatic rings. The zero-order chi connectivity index (χ0) is 10.8. The van der Waals surface area contributed by atoms with Gasteiger partial charge in [-0.1, -0.05) is 15.9 Å². The molecule has 0 fully saturated rings. The number of benzene rings is 1. The van der Waals surface area contributed by atoms with Crippen molar-refractivity contribution in [1.29, 1.82) is 0 Å². The van der Waals surface area contributed by atoms with Gasteiger partial charge in [0.1, 0.15) is 5.82 Å². The van der Waals surface area contributed by atoms with Crippen molar-refractivity contribution in [2.45, 2.75) is 12.3 Å². The molecule has 0 aliphatic carbocycles. The fourth-order valence-corrected chi connectivity index (χ4v) is 1.60. The summed E-state index contributed by atoms with van der Waals surface area (Å²) in [5, 5.41) is 0. The fourth-order valence-electron chi connectivity index (χ4n) is 1.08. The third-order valence-electron chi connectivity index (χ3n) is 1.68. The third kappa shape index (κ3) is 3.31. The molecule has 1 rings (SSSR count). The summed E-state index contributed by atoms with van der Waals surface area (Å²) >= 11 is 3.03. The van der Waals surface area contributed by atoms with Crippen LogP contribution < -0.4 is 5.73 Å². The molecule has 2 N–H and O–H groups in total. The Kier molecular flexibility index (Phi) is 3.55. The van der Waals surface area contributed by atoms with Crippen LogP contribution in [0.1, 0.15) is 5.56 Å². The van der Waals surface area contributed by atoms with Gasteiger partial charge in [-0.05, 0) is 23.8 Å². The van der Waals surface area contributed by atoms with Crippen LogP contribution in [-0.2, 0) is 6.42 Å². The average molecular weight is 268 g/mol. The molecule has 0 saturated carbocycles. The Labute approximate surface area is 88.2 Å². The normalized spacial score (nSPS) is 11.8. The van der Waals surface area contributed by atoms with E-state index in [1.807, 2.05) is 0 Å². The van der Waals surface area contributed by atoms with Gasteiger partial charge in [0.2, 0.25) is 0 Å². The number of hydrogen-bond acceptors (Lipinski definition) is 1. The largest absolute Gasteiger partial charge is 0.325 e. The van der Waals surface area contributed by atoms with E-state index in [-0.39, 0.29) is 5.56 Å². The summed E-state index contributed by atoms with van der Waals surface area (Å²) in [5.74, 6) is -3.52. The Bertz CT molecular complexity index is 308. The van der Waals surface area contributed by atoms with Crippen molar-refractivity contribution in [2.75, 3.05) is 6.54 Å². The number of rotatable bonds is 3. The van der Waals surface area contributed by atoms with Gasteiger partial charge in [-0.2, -0.15) is 0 Å². The van der Waals surface area contributed by atoms with Crippen molar-refractivity contribution in [1.82, 2.24) is 0 Å². The average Bonchev–Trinajstić information content (AvgIpc) is 2.01. The summed E-state index contributed by atoms with van der Waals surface area (Å²) in [6, 6.07) is 3.74. The molecule has 0 saturated heterocycles. The van der Waals surface area contributed by atoms with Crippen LogP contribution in [0.5, 0.6) is 0 Å². The van der Waals surface area contributed by atoms with Crippen molar-refractivity contribution in [2.24, 2.45) is 5.73 Å². The highest BCUT2D eigenvalue weighted by Gasteiger charge is 2.27. The first-order chi connectivity index (χ1) is 6.43. The van der Waals surface area contributed by atoms with E-state index in [9.17, 15) is 13.2 Å². The van der Waals surface area contributed by atoms with Crippen LogP contribution in [0, 0.1) is 5.82 Å². The van der Waals surface area contributed by atoms with Crippen molar-refractivity contribution < 1.29 is 13.2 Å². The maximum atomic E-state index is 12.8. The van der Waals surface area contributed by atoms with Crippen molar-refractivity contribution in [3.8, 4) is 0 Å². The maximum absolute atomic E-state index is 12.8. The molecule has 1 aromatic rings. The van der Waals surface area contributed by atoms with Gasteiger partial charge >= 0.3 is 0 Å². The fraction of sp³-hybridized carbons (Fsp3) is 0.333. The molecule has 0 bridgehead atoms. The smallest absolute Gasteiger partial charge is 0.264 e. The summed E-state index contributed by atoms with van der Waals surface area (Å²) < 4.78 is 38.9. The lowest BCUT2D eigenvalue weighted by molar-refractivity contribution is 0.0114. The van der Waals surface area contributed by atoms with Crippen LogP contribution >= 0.6 is 15.9 Å².